The third-order valence-corrected chi connectivity index (χ3v) is 2.25. The van der Waals surface area contributed by atoms with E-state index < -0.39 is 11.2 Å². The number of benzene rings is 1. The van der Waals surface area contributed by atoms with Crippen molar-refractivity contribution < 1.29 is 18.3 Å². The Morgan fingerprint density at radius 2 is 2.16 bits per heavy atom. The van der Waals surface area contributed by atoms with Gasteiger partial charge in [0.2, 0.25) is 5.78 Å². The number of ketones is 1. The summed E-state index contributed by atoms with van der Waals surface area (Å²) in [5, 5.41) is 7.41. The highest BCUT2D eigenvalue weighted by Crippen LogP contribution is 2.22. The van der Waals surface area contributed by atoms with E-state index in [2.05, 4.69) is 16.9 Å². The molecular weight excluding hydrogens is 278 g/mol. The standard InChI is InChI=1S/C12H9ClF2N2O2/c1-19-11(6-10(18)12(13,14)15)17-9-5-3-2-4-8(9)7-16/h2-6,17H,1H3/b11-6+. The Morgan fingerprint density at radius 1 is 1.53 bits per heavy atom. The lowest BCUT2D eigenvalue weighted by atomic mass is 10.2. The zero-order valence-corrected chi connectivity index (χ0v) is 10.5. The fraction of sp³-hybridized carbons (Fsp3) is 0.167. The summed E-state index contributed by atoms with van der Waals surface area (Å²) in [6.07, 6.45) is 0.529. The first-order valence-electron chi connectivity index (χ1n) is 5.01. The Bertz CT molecular complexity index is 547. The lowest BCUT2D eigenvalue weighted by Gasteiger charge is -2.11. The van der Waals surface area contributed by atoms with Crippen molar-refractivity contribution in [3.05, 3.63) is 41.8 Å². The highest BCUT2D eigenvalue weighted by Gasteiger charge is 2.34. The van der Waals surface area contributed by atoms with E-state index in [0.717, 1.165) is 0 Å². The molecule has 0 atom stereocenters. The van der Waals surface area contributed by atoms with Crippen LogP contribution in [0.25, 0.3) is 0 Å². The van der Waals surface area contributed by atoms with Crippen LogP contribution in [-0.4, -0.2) is 18.3 Å². The Balaban J connectivity index is 2.98. The van der Waals surface area contributed by atoms with Crippen molar-refractivity contribution in [3.8, 4) is 6.07 Å². The first-order valence-corrected chi connectivity index (χ1v) is 5.39. The maximum Gasteiger partial charge on any atom is 0.384 e. The Kier molecular flexibility index (Phi) is 4.84. The lowest BCUT2D eigenvalue weighted by molar-refractivity contribution is -0.128. The van der Waals surface area contributed by atoms with Crippen LogP contribution in [0, 0.1) is 11.3 Å². The molecule has 0 saturated carbocycles. The molecule has 100 valence electrons. The summed E-state index contributed by atoms with van der Waals surface area (Å²) in [5.41, 5.74) is 0.597. The average molecular weight is 287 g/mol. The van der Waals surface area contributed by atoms with Gasteiger partial charge in [0, 0.05) is 6.08 Å². The molecule has 0 aromatic heterocycles. The molecule has 7 heteroatoms. The minimum Gasteiger partial charge on any atom is -0.482 e. The number of hydrogen-bond donors (Lipinski definition) is 1. The van der Waals surface area contributed by atoms with Gasteiger partial charge in [-0.1, -0.05) is 12.1 Å². The summed E-state index contributed by atoms with van der Waals surface area (Å²) < 4.78 is 29.8. The molecule has 0 aliphatic heterocycles. The minimum atomic E-state index is -4.00. The van der Waals surface area contributed by atoms with Gasteiger partial charge in [0.1, 0.15) is 6.07 Å². The number of para-hydroxylation sites is 1. The molecule has 0 amide bonds. The predicted molar refractivity (Wildman–Crippen MR) is 65.7 cm³/mol. The van der Waals surface area contributed by atoms with Gasteiger partial charge < -0.3 is 10.1 Å². The van der Waals surface area contributed by atoms with Crippen molar-refractivity contribution in [2.24, 2.45) is 0 Å². The normalized spacial score (nSPS) is 11.6. The SMILES string of the molecule is CO/C(=C/C(=O)C(F)(F)Cl)Nc1ccccc1C#N. The Hall–Kier alpha value is -2.13. The second-order valence-electron chi connectivity index (χ2n) is 3.36. The van der Waals surface area contributed by atoms with Crippen LogP contribution in [0.1, 0.15) is 5.56 Å². The zero-order chi connectivity index (χ0) is 14.5. The van der Waals surface area contributed by atoms with E-state index in [0.29, 0.717) is 11.8 Å². The van der Waals surface area contributed by atoms with E-state index in [4.69, 9.17) is 10.00 Å². The zero-order valence-electron chi connectivity index (χ0n) is 9.78. The van der Waals surface area contributed by atoms with Crippen LogP contribution in [-0.2, 0) is 9.53 Å². The summed E-state index contributed by atoms with van der Waals surface area (Å²) in [5.74, 6) is -1.86. The van der Waals surface area contributed by atoms with Crippen molar-refractivity contribution >= 4 is 23.1 Å². The summed E-state index contributed by atoms with van der Waals surface area (Å²) in [6, 6.07) is 8.23. The molecule has 0 spiro atoms. The van der Waals surface area contributed by atoms with E-state index >= 15 is 0 Å². The third-order valence-electron chi connectivity index (χ3n) is 2.07. The summed E-state index contributed by atoms with van der Waals surface area (Å²) in [6.45, 7) is 0. The van der Waals surface area contributed by atoms with Crippen molar-refractivity contribution in [1.29, 1.82) is 5.26 Å². The monoisotopic (exact) mass is 286 g/mol. The molecule has 1 aromatic carbocycles. The van der Waals surface area contributed by atoms with Gasteiger partial charge in [0.25, 0.3) is 0 Å². The van der Waals surface area contributed by atoms with E-state index in [-0.39, 0.29) is 11.4 Å². The maximum atomic E-state index is 12.5. The lowest BCUT2D eigenvalue weighted by Crippen LogP contribution is -2.20. The van der Waals surface area contributed by atoms with E-state index in [9.17, 15) is 13.6 Å². The molecule has 19 heavy (non-hydrogen) atoms. The number of nitrogens with one attached hydrogen (secondary N) is 1. The molecule has 0 unspecified atom stereocenters. The van der Waals surface area contributed by atoms with E-state index in [1.165, 1.54) is 19.2 Å². The smallest absolute Gasteiger partial charge is 0.384 e. The molecule has 0 bridgehead atoms. The number of allylic oxidation sites excluding steroid dienone is 1. The number of anilines is 1. The predicted octanol–water partition coefficient (Wildman–Crippen LogP) is 2.86. The highest BCUT2D eigenvalue weighted by molar-refractivity contribution is 6.34. The van der Waals surface area contributed by atoms with Crippen molar-refractivity contribution in [1.82, 2.24) is 0 Å². The molecule has 1 aromatic rings. The van der Waals surface area contributed by atoms with Gasteiger partial charge in [-0.3, -0.25) is 4.79 Å². The molecule has 0 fully saturated rings. The number of halogens is 3. The van der Waals surface area contributed by atoms with Gasteiger partial charge in [-0.05, 0) is 23.7 Å². The van der Waals surface area contributed by atoms with Gasteiger partial charge in [-0.25, -0.2) is 0 Å². The Labute approximate surface area is 113 Å². The number of alkyl halides is 3. The highest BCUT2D eigenvalue weighted by atomic mass is 35.5. The Morgan fingerprint density at radius 3 is 2.68 bits per heavy atom. The van der Waals surface area contributed by atoms with Crippen LogP contribution in [0.3, 0.4) is 0 Å². The first kappa shape index (κ1) is 14.9. The number of carbonyl (C=O) groups excluding carboxylic acids is 1. The fourth-order valence-electron chi connectivity index (χ4n) is 1.17. The van der Waals surface area contributed by atoms with Crippen LogP contribution >= 0.6 is 11.6 Å². The van der Waals surface area contributed by atoms with Gasteiger partial charge in [0.15, 0.2) is 5.88 Å². The van der Waals surface area contributed by atoms with E-state index in [1.54, 1.807) is 12.1 Å². The van der Waals surface area contributed by atoms with Crippen molar-refractivity contribution in [2.75, 3.05) is 12.4 Å². The first-order chi connectivity index (χ1) is 8.88. The second-order valence-corrected chi connectivity index (χ2v) is 3.83. The summed E-state index contributed by atoms with van der Waals surface area (Å²) in [4.78, 5) is 11.0. The minimum absolute atomic E-state index is 0.243. The number of carbonyl (C=O) groups is 1. The summed E-state index contributed by atoms with van der Waals surface area (Å²) >= 11 is 4.58. The van der Waals surface area contributed by atoms with Crippen LogP contribution < -0.4 is 5.32 Å². The molecule has 1 N–H and O–H groups in total. The number of ether oxygens (including phenoxy) is 1. The number of rotatable bonds is 5. The molecule has 0 aliphatic carbocycles. The number of hydrogen-bond acceptors (Lipinski definition) is 4. The van der Waals surface area contributed by atoms with Crippen molar-refractivity contribution in [3.63, 3.8) is 0 Å². The number of methoxy groups -OCH3 is 1. The molecule has 0 heterocycles. The molecule has 1 rings (SSSR count). The number of nitriles is 1. The van der Waals surface area contributed by atoms with Gasteiger partial charge in [-0.2, -0.15) is 14.0 Å². The molecule has 0 radical (unpaired) electrons. The topological polar surface area (TPSA) is 62.1 Å². The summed E-state index contributed by atoms with van der Waals surface area (Å²) in [7, 11) is 1.19. The average Bonchev–Trinajstić information content (AvgIpc) is 2.37. The maximum absolute atomic E-state index is 12.5. The van der Waals surface area contributed by atoms with Gasteiger partial charge in [-0.15, -0.1) is 0 Å². The van der Waals surface area contributed by atoms with Crippen LogP contribution in [0.2, 0.25) is 0 Å². The van der Waals surface area contributed by atoms with Crippen LogP contribution in [0.15, 0.2) is 36.2 Å². The van der Waals surface area contributed by atoms with Gasteiger partial charge in [0.05, 0.1) is 18.4 Å². The second kappa shape index (κ2) is 6.16. The molecule has 0 saturated heterocycles. The fourth-order valence-corrected chi connectivity index (χ4v) is 1.22. The van der Waals surface area contributed by atoms with Gasteiger partial charge >= 0.3 is 5.38 Å². The largest absolute Gasteiger partial charge is 0.482 e. The quantitative estimate of drug-likeness (QED) is 0.513. The van der Waals surface area contributed by atoms with Crippen molar-refractivity contribution in [2.45, 2.75) is 5.38 Å². The molecule has 0 aliphatic rings. The third kappa shape index (κ3) is 4.23. The van der Waals surface area contributed by atoms with Crippen LogP contribution in [0.5, 0.6) is 0 Å². The van der Waals surface area contributed by atoms with Crippen LogP contribution in [0.4, 0.5) is 14.5 Å². The van der Waals surface area contributed by atoms with E-state index in [1.807, 2.05) is 6.07 Å². The molecule has 4 nitrogen and oxygen atoms in total. The molecular formula is C12H9ClF2N2O2. The number of nitrogens with zero attached hydrogens (tertiary/aromatic N) is 1.